The normalized spacial score (nSPS) is 24.0. The van der Waals surface area contributed by atoms with Crippen molar-refractivity contribution in [3.05, 3.63) is 20.2 Å². The first-order valence-corrected chi connectivity index (χ1v) is 9.11. The highest BCUT2D eigenvalue weighted by molar-refractivity contribution is 14.1. The van der Waals surface area contributed by atoms with Gasteiger partial charge in [0, 0.05) is 13.0 Å². The zero-order valence-corrected chi connectivity index (χ0v) is 15.8. The molecule has 0 aliphatic heterocycles. The minimum absolute atomic E-state index is 0.354. The lowest BCUT2D eigenvalue weighted by atomic mass is 9.70. The van der Waals surface area contributed by atoms with Gasteiger partial charge in [0.1, 0.15) is 10.8 Å². The van der Waals surface area contributed by atoms with Gasteiger partial charge >= 0.3 is 0 Å². The molecule has 21 heavy (non-hydrogen) atoms. The molecule has 0 bridgehead atoms. The fourth-order valence-corrected chi connectivity index (χ4v) is 3.98. The summed E-state index contributed by atoms with van der Waals surface area (Å²) in [7, 11) is 1.78. The molecule has 116 valence electrons. The number of hydrogen-bond acceptors (Lipinski definition) is 3. The highest BCUT2D eigenvalue weighted by Crippen LogP contribution is 2.48. The quantitative estimate of drug-likeness (QED) is 0.507. The van der Waals surface area contributed by atoms with Gasteiger partial charge in [0.2, 0.25) is 0 Å². The van der Waals surface area contributed by atoms with E-state index in [1.165, 1.54) is 12.8 Å². The molecule has 3 rings (SSSR count). The third kappa shape index (κ3) is 3.08. The van der Waals surface area contributed by atoms with Crippen molar-refractivity contribution in [2.75, 3.05) is 7.11 Å². The van der Waals surface area contributed by atoms with Crippen molar-refractivity contribution in [1.29, 1.82) is 0 Å². The van der Waals surface area contributed by atoms with Crippen LogP contribution < -0.4 is 0 Å². The van der Waals surface area contributed by atoms with Crippen molar-refractivity contribution in [2.45, 2.75) is 63.9 Å². The number of hydrogen-bond donors (Lipinski definition) is 0. The Morgan fingerprint density at radius 1 is 1.14 bits per heavy atom. The molecule has 0 spiro atoms. The van der Waals surface area contributed by atoms with Gasteiger partial charge in [-0.25, -0.2) is 9.97 Å². The van der Waals surface area contributed by atoms with Crippen LogP contribution in [0.5, 0.6) is 0 Å². The molecule has 2 saturated carbocycles. The van der Waals surface area contributed by atoms with Gasteiger partial charge in [0.25, 0.3) is 0 Å². The van der Waals surface area contributed by atoms with Crippen molar-refractivity contribution in [3.8, 4) is 0 Å². The van der Waals surface area contributed by atoms with Crippen LogP contribution in [-0.4, -0.2) is 17.1 Å². The van der Waals surface area contributed by atoms with Crippen LogP contribution in [0.25, 0.3) is 0 Å². The SMILES string of the molecule is COC1(c2nc(Cl)c(I)c(C3CC3)n2)CCC(C)(C)CC1. The Labute approximate surface area is 145 Å². The highest BCUT2D eigenvalue weighted by atomic mass is 127. The third-order valence-electron chi connectivity index (χ3n) is 5.01. The molecule has 0 unspecified atom stereocenters. The summed E-state index contributed by atoms with van der Waals surface area (Å²) in [5.74, 6) is 1.37. The lowest BCUT2D eigenvalue weighted by Crippen LogP contribution is -2.38. The molecule has 1 aromatic rings. The fourth-order valence-electron chi connectivity index (χ4n) is 3.12. The predicted octanol–water partition coefficient (Wildman–Crippen LogP) is 5.05. The summed E-state index contributed by atoms with van der Waals surface area (Å²) in [5.41, 5.74) is 1.16. The Kier molecular flexibility index (Phi) is 4.25. The van der Waals surface area contributed by atoms with Gasteiger partial charge in [0.15, 0.2) is 5.82 Å². The van der Waals surface area contributed by atoms with Crippen molar-refractivity contribution in [3.63, 3.8) is 0 Å². The molecule has 5 heteroatoms. The lowest BCUT2D eigenvalue weighted by Gasteiger charge is -2.41. The number of rotatable bonds is 3. The van der Waals surface area contributed by atoms with Crippen molar-refractivity contribution >= 4 is 34.2 Å². The average molecular weight is 421 g/mol. The maximum absolute atomic E-state index is 6.37. The van der Waals surface area contributed by atoms with Gasteiger partial charge in [-0.1, -0.05) is 25.4 Å². The molecule has 1 aromatic heterocycles. The zero-order valence-electron chi connectivity index (χ0n) is 12.9. The van der Waals surface area contributed by atoms with Crippen molar-refractivity contribution in [2.24, 2.45) is 5.41 Å². The summed E-state index contributed by atoms with van der Waals surface area (Å²) < 4.78 is 6.94. The molecule has 0 N–H and O–H groups in total. The Morgan fingerprint density at radius 2 is 1.76 bits per heavy atom. The van der Waals surface area contributed by atoms with Gasteiger partial charge in [-0.15, -0.1) is 0 Å². The van der Waals surface area contributed by atoms with Crippen LogP contribution in [0.4, 0.5) is 0 Å². The maximum atomic E-state index is 6.37. The van der Waals surface area contributed by atoms with E-state index in [0.717, 1.165) is 40.8 Å². The minimum atomic E-state index is -0.354. The second-order valence-corrected chi connectivity index (χ2v) is 8.61. The van der Waals surface area contributed by atoms with Crippen LogP contribution in [0.1, 0.15) is 69.8 Å². The first-order chi connectivity index (χ1) is 9.87. The van der Waals surface area contributed by atoms with Crippen molar-refractivity contribution < 1.29 is 4.74 Å². The van der Waals surface area contributed by atoms with Crippen LogP contribution >= 0.6 is 34.2 Å². The summed E-state index contributed by atoms with van der Waals surface area (Å²) in [6.07, 6.45) is 6.64. The Balaban J connectivity index is 1.98. The van der Waals surface area contributed by atoms with Gasteiger partial charge < -0.3 is 4.74 Å². The second-order valence-electron chi connectivity index (χ2n) is 7.17. The Morgan fingerprint density at radius 3 is 2.29 bits per heavy atom. The van der Waals surface area contributed by atoms with E-state index < -0.39 is 0 Å². The van der Waals surface area contributed by atoms with Crippen LogP contribution in [0.3, 0.4) is 0 Å². The molecule has 0 amide bonds. The van der Waals surface area contributed by atoms with Crippen LogP contribution in [0, 0.1) is 8.99 Å². The summed E-state index contributed by atoms with van der Waals surface area (Å²) in [5, 5.41) is 0.587. The largest absolute Gasteiger partial charge is 0.370 e. The molecule has 2 aliphatic carbocycles. The second kappa shape index (κ2) is 5.60. The Bertz CT molecular complexity index is 547. The first-order valence-electron chi connectivity index (χ1n) is 7.65. The molecule has 3 nitrogen and oxygen atoms in total. The molecule has 2 fully saturated rings. The van der Waals surface area contributed by atoms with Crippen LogP contribution in [0.2, 0.25) is 5.15 Å². The van der Waals surface area contributed by atoms with Crippen LogP contribution in [-0.2, 0) is 10.3 Å². The summed E-state index contributed by atoms with van der Waals surface area (Å²) in [6, 6.07) is 0. The first kappa shape index (κ1) is 15.9. The third-order valence-corrected chi connectivity index (χ3v) is 6.67. The van der Waals surface area contributed by atoms with Gasteiger partial charge in [-0.3, -0.25) is 0 Å². The topological polar surface area (TPSA) is 35.0 Å². The molecule has 0 saturated heterocycles. The molecular formula is C16H22ClIN2O. The molecular weight excluding hydrogens is 399 g/mol. The lowest BCUT2D eigenvalue weighted by molar-refractivity contribution is -0.0730. The standard InChI is InChI=1S/C16H22ClIN2O/c1-15(2)6-8-16(21-3,9-7-15)14-19-12(10-4-5-10)11(18)13(17)20-14/h10H,4-9H2,1-3H3. The van der Waals surface area contributed by atoms with Gasteiger partial charge in [-0.2, -0.15) is 0 Å². The van der Waals surface area contributed by atoms with Gasteiger partial charge in [0.05, 0.1) is 9.26 Å². The van der Waals surface area contributed by atoms with E-state index in [0.29, 0.717) is 16.5 Å². The zero-order chi connectivity index (χ0) is 15.3. The molecule has 0 atom stereocenters. The summed E-state index contributed by atoms with van der Waals surface area (Å²) in [6.45, 7) is 4.65. The van der Waals surface area contributed by atoms with E-state index in [9.17, 15) is 0 Å². The number of methoxy groups -OCH3 is 1. The predicted molar refractivity (Wildman–Crippen MR) is 92.7 cm³/mol. The van der Waals surface area contributed by atoms with E-state index in [4.69, 9.17) is 21.3 Å². The monoisotopic (exact) mass is 420 g/mol. The van der Waals surface area contributed by atoms with E-state index in [2.05, 4.69) is 41.4 Å². The molecule has 0 aromatic carbocycles. The number of ether oxygens (including phenoxy) is 1. The number of aromatic nitrogens is 2. The van der Waals surface area contributed by atoms with E-state index in [1.807, 2.05) is 0 Å². The fraction of sp³-hybridized carbons (Fsp3) is 0.750. The Hall–Kier alpha value is 0.0600. The smallest absolute Gasteiger partial charge is 0.162 e. The average Bonchev–Trinajstić information content (AvgIpc) is 3.27. The number of nitrogens with zero attached hydrogens (tertiary/aromatic N) is 2. The van der Waals surface area contributed by atoms with Crippen LogP contribution in [0.15, 0.2) is 0 Å². The number of halogens is 2. The van der Waals surface area contributed by atoms with E-state index in [1.54, 1.807) is 7.11 Å². The minimum Gasteiger partial charge on any atom is -0.370 e. The van der Waals surface area contributed by atoms with E-state index >= 15 is 0 Å². The molecule has 2 aliphatic rings. The summed E-state index contributed by atoms with van der Waals surface area (Å²) in [4.78, 5) is 9.46. The molecule has 0 radical (unpaired) electrons. The van der Waals surface area contributed by atoms with Crippen molar-refractivity contribution in [1.82, 2.24) is 9.97 Å². The van der Waals surface area contributed by atoms with Gasteiger partial charge in [-0.05, 0) is 66.5 Å². The highest BCUT2D eigenvalue weighted by Gasteiger charge is 2.43. The maximum Gasteiger partial charge on any atom is 0.162 e. The van der Waals surface area contributed by atoms with E-state index in [-0.39, 0.29) is 5.60 Å². The summed E-state index contributed by atoms with van der Waals surface area (Å²) >= 11 is 8.64. The molecule has 1 heterocycles.